The Morgan fingerprint density at radius 1 is 0.654 bits per heavy atom. The van der Waals surface area contributed by atoms with Crippen LogP contribution in [0.25, 0.3) is 0 Å². The third kappa shape index (κ3) is 25.2. The summed E-state index contributed by atoms with van der Waals surface area (Å²) >= 11 is 0. The molecule has 0 atom stereocenters. The van der Waals surface area contributed by atoms with E-state index in [0.717, 1.165) is 74.9 Å². The number of sulfonamides is 1. The van der Waals surface area contributed by atoms with Gasteiger partial charge in [-0.2, -0.15) is 4.31 Å². The number of rotatable bonds is 33. The number of methoxy groups -OCH3 is 2. The van der Waals surface area contributed by atoms with Crippen LogP contribution in [0.4, 0.5) is 0 Å². The second-order valence-corrected chi connectivity index (χ2v) is 42.6. The van der Waals surface area contributed by atoms with Gasteiger partial charge in [0.25, 0.3) is 0 Å². The van der Waals surface area contributed by atoms with Gasteiger partial charge in [-0.15, -0.1) is 0 Å². The van der Waals surface area contributed by atoms with Gasteiger partial charge in [-0.3, -0.25) is 9.13 Å². The summed E-state index contributed by atoms with van der Waals surface area (Å²) in [5.74, 6) is 1.66. The first kappa shape index (κ1) is 74.0. The van der Waals surface area contributed by atoms with Gasteiger partial charge in [0.2, 0.25) is 19.1 Å². The van der Waals surface area contributed by atoms with E-state index < -0.39 is 56.4 Å². The second-order valence-electron chi connectivity index (χ2n) is 21.9. The molecule has 0 bridgehead atoms. The van der Waals surface area contributed by atoms with Crippen LogP contribution in [-0.2, 0) is 81.8 Å². The molecule has 0 amide bonds. The Labute approximate surface area is 490 Å². The van der Waals surface area contributed by atoms with E-state index in [-0.39, 0.29) is 51.6 Å². The molecule has 0 aromatic heterocycles. The standard InChI is InChI=1S/C27H46NO9PSSi.C26H44NO7PSi.CH3ClO2S/c1-10-36-38(30,37-11-2)16-14-28(39(6,31)32)18-20(3)12-13-22-25(33-5)21(4)23-19-35-27(29)24(23)26(22)34-15-17-40(7,8)9;1-9-33-35(29,34-10-2)15-13-27-17-19(3)11-12-21-24(30-5)20(4)22-18-32-26(28)23(22)25(21)31-14-16-36(6,7)8;1-5(2,3)4/h12H,10-11,13-19H2,1-9H3;11,27H,9-10,12-18H2,1-8H3;1H3/b20-12+;19-11+;. The van der Waals surface area contributed by atoms with Crippen molar-refractivity contribution in [3.8, 4) is 23.0 Å². The molecule has 1 N–H and O–H groups in total. The van der Waals surface area contributed by atoms with Crippen molar-refractivity contribution < 1.29 is 82.1 Å². The number of fused-ring (bicyclic) bond motifs is 2. The average Bonchev–Trinajstić information content (AvgIpc) is 3.96. The van der Waals surface area contributed by atoms with Crippen LogP contribution in [-0.4, -0.2) is 154 Å². The molecule has 2 aromatic carbocycles. The quantitative estimate of drug-likeness (QED) is 0.0174. The molecule has 464 valence electrons. The predicted octanol–water partition coefficient (Wildman–Crippen LogP) is 11.3. The highest BCUT2D eigenvalue weighted by Gasteiger charge is 2.36. The van der Waals surface area contributed by atoms with Gasteiger partial charge >= 0.3 is 27.1 Å². The predicted molar refractivity (Wildman–Crippen MR) is 327 cm³/mol. The Morgan fingerprint density at radius 3 is 1.37 bits per heavy atom. The Hall–Kier alpha value is -3.10. The molecule has 0 saturated heterocycles. The summed E-state index contributed by atoms with van der Waals surface area (Å²) in [5.41, 5.74) is 7.78. The molecule has 20 nitrogen and oxygen atoms in total. The molecule has 0 spiro atoms. The monoisotopic (exact) mass is 1270 g/mol. The van der Waals surface area contributed by atoms with Gasteiger partial charge in [0, 0.05) is 75.3 Å². The molecule has 2 aromatic rings. The number of hydrogen-bond donors (Lipinski definition) is 1. The van der Waals surface area contributed by atoms with E-state index in [0.29, 0.717) is 86.9 Å². The smallest absolute Gasteiger partial charge is 0.342 e. The summed E-state index contributed by atoms with van der Waals surface area (Å²) < 4.78 is 127. The second kappa shape index (κ2) is 33.6. The van der Waals surface area contributed by atoms with E-state index in [1.165, 1.54) is 4.31 Å². The Bertz CT molecular complexity index is 2810. The highest BCUT2D eigenvalue weighted by Crippen LogP contribution is 2.49. The fourth-order valence-electron chi connectivity index (χ4n) is 8.44. The van der Waals surface area contributed by atoms with E-state index >= 15 is 0 Å². The molecule has 2 aliphatic heterocycles. The minimum absolute atomic E-state index is 0.0144. The van der Waals surface area contributed by atoms with Crippen molar-refractivity contribution in [2.45, 2.75) is 133 Å². The molecule has 0 unspecified atom stereocenters. The van der Waals surface area contributed by atoms with Gasteiger partial charge in [0.15, 0.2) is 0 Å². The summed E-state index contributed by atoms with van der Waals surface area (Å²) in [7, 11) is -8.25. The molecule has 2 heterocycles. The normalized spacial score (nSPS) is 14.1. The van der Waals surface area contributed by atoms with E-state index in [9.17, 15) is 35.6 Å². The molecule has 2 aliphatic rings. The molecule has 0 fully saturated rings. The molecule has 4 rings (SSSR count). The number of carbonyl (C=O) groups excluding carboxylic acids is 2. The fraction of sp³-hybridized carbons (Fsp3) is 0.667. The summed E-state index contributed by atoms with van der Waals surface area (Å²) in [6.45, 7) is 32.2. The van der Waals surface area contributed by atoms with E-state index in [4.69, 9.17) is 46.5 Å². The molecular formula is C54H93ClN2O18P2S2Si2. The van der Waals surface area contributed by atoms with Crippen molar-refractivity contribution in [1.82, 2.24) is 9.62 Å². The van der Waals surface area contributed by atoms with Crippen LogP contribution in [0.3, 0.4) is 0 Å². The zero-order valence-corrected chi connectivity index (χ0v) is 57.4. The lowest BCUT2D eigenvalue weighted by Crippen LogP contribution is -2.34. The van der Waals surface area contributed by atoms with Crippen LogP contribution in [0.5, 0.6) is 23.0 Å². The highest BCUT2D eigenvalue weighted by atomic mass is 35.7. The van der Waals surface area contributed by atoms with Crippen molar-refractivity contribution in [3.05, 3.63) is 67.8 Å². The lowest BCUT2D eigenvalue weighted by atomic mass is 9.95. The number of nitrogens with zero attached hydrogens (tertiary/aromatic N) is 1. The molecule has 0 radical (unpaired) electrons. The molecule has 27 heteroatoms. The zero-order valence-electron chi connectivity index (χ0n) is 51.3. The highest BCUT2D eigenvalue weighted by molar-refractivity contribution is 8.13. The van der Waals surface area contributed by atoms with Crippen molar-refractivity contribution >= 4 is 73.0 Å². The summed E-state index contributed by atoms with van der Waals surface area (Å²) in [4.78, 5) is 25.4. The summed E-state index contributed by atoms with van der Waals surface area (Å²) in [6, 6.07) is 1.90. The van der Waals surface area contributed by atoms with Crippen LogP contribution >= 0.6 is 25.9 Å². The molecule has 0 aliphatic carbocycles. The number of cyclic esters (lactones) is 2. The number of ether oxygens (including phenoxy) is 6. The fourth-order valence-corrected chi connectivity index (χ4v) is 14.0. The minimum Gasteiger partial charge on any atom is -0.496 e. The van der Waals surface area contributed by atoms with Gasteiger partial charge in [-0.25, -0.2) is 26.4 Å². The number of esters is 2. The summed E-state index contributed by atoms with van der Waals surface area (Å²) in [5, 5.41) is 3.32. The number of hydrogen-bond acceptors (Lipinski definition) is 19. The average molecular weight is 1280 g/mol. The van der Waals surface area contributed by atoms with Gasteiger partial charge in [0.1, 0.15) is 47.3 Å². The van der Waals surface area contributed by atoms with Crippen LogP contribution in [0.15, 0.2) is 23.3 Å². The van der Waals surface area contributed by atoms with Gasteiger partial charge < -0.3 is 51.8 Å². The molecule has 81 heavy (non-hydrogen) atoms. The topological polar surface area (TPSA) is 244 Å². The van der Waals surface area contributed by atoms with Gasteiger partial charge in [-0.1, -0.05) is 62.6 Å². The first-order chi connectivity index (χ1) is 37.5. The van der Waals surface area contributed by atoms with Crippen molar-refractivity contribution in [2.24, 2.45) is 0 Å². The zero-order chi connectivity index (χ0) is 61.7. The largest absolute Gasteiger partial charge is 0.496 e. The Morgan fingerprint density at radius 2 is 1.02 bits per heavy atom. The first-order valence-corrected chi connectivity index (χ1v) is 42.6. The van der Waals surface area contributed by atoms with Crippen LogP contribution < -0.4 is 24.3 Å². The van der Waals surface area contributed by atoms with Crippen LogP contribution in [0, 0.1) is 13.8 Å². The maximum absolute atomic E-state index is 12.9. The number of benzene rings is 2. The third-order valence-corrected chi connectivity index (χ3v) is 21.3. The summed E-state index contributed by atoms with van der Waals surface area (Å²) in [6.07, 6.45) is 7.22. The molecule has 0 saturated carbocycles. The van der Waals surface area contributed by atoms with Crippen molar-refractivity contribution in [2.75, 3.05) is 105 Å². The van der Waals surface area contributed by atoms with Crippen molar-refractivity contribution in [3.63, 3.8) is 0 Å². The van der Waals surface area contributed by atoms with Crippen LogP contribution in [0.2, 0.25) is 51.4 Å². The number of carbonyl (C=O) groups is 2. The third-order valence-electron chi connectivity index (χ3n) is 12.5. The van der Waals surface area contributed by atoms with Gasteiger partial charge in [0.05, 0.1) is 78.7 Å². The van der Waals surface area contributed by atoms with Gasteiger partial charge in [-0.05, 0) is 91.4 Å². The lowest BCUT2D eigenvalue weighted by molar-refractivity contribution is 0.0522. The lowest BCUT2D eigenvalue weighted by Gasteiger charge is -2.24. The first-order valence-electron chi connectivity index (χ1n) is 27.2. The maximum Gasteiger partial charge on any atom is 0.342 e. The number of nitrogens with one attached hydrogen (secondary N) is 1. The minimum atomic E-state index is -3.61. The Kier molecular flexibility index (Phi) is 30.7. The number of halogens is 1. The molecular weight excluding hydrogens is 1180 g/mol. The SMILES string of the molecule is CCOP(=O)(CCN(C/C(C)=C/Cc1c(OC)c(C)c2c(c1OCC[Si](C)(C)C)C(=O)OC2)S(C)(=O)=O)OCC.CCOP(=O)(CCNC/C(C)=C/Cc1c(OC)c(C)c2c(c1OCC[Si](C)(C)C)C(=O)OC2)OCC.CS(=O)(=O)Cl. The number of allylic oxidation sites excluding steroid dienone is 2. The Balaban J connectivity index is 0.000000512. The maximum atomic E-state index is 12.9. The van der Waals surface area contributed by atoms with E-state index in [2.05, 4.69) is 61.4 Å². The van der Waals surface area contributed by atoms with E-state index in [1.54, 1.807) is 28.1 Å². The van der Waals surface area contributed by atoms with Crippen molar-refractivity contribution in [1.29, 1.82) is 0 Å². The van der Waals surface area contributed by atoms with E-state index in [1.807, 2.05) is 47.6 Å². The van der Waals surface area contributed by atoms with Crippen LogP contribution in [0.1, 0.15) is 95.6 Å².